The summed E-state index contributed by atoms with van der Waals surface area (Å²) >= 11 is 0. The molecule has 0 spiro atoms. The summed E-state index contributed by atoms with van der Waals surface area (Å²) in [7, 11) is 0. The number of carboxylic acid groups (broad SMARTS) is 1. The first-order valence-electron chi connectivity index (χ1n) is 8.63. The van der Waals surface area contributed by atoms with E-state index in [0.717, 1.165) is 17.6 Å². The lowest BCUT2D eigenvalue weighted by atomic mass is 9.89. The van der Waals surface area contributed by atoms with Gasteiger partial charge in [-0.05, 0) is 29.9 Å². The third kappa shape index (κ3) is 4.10. The van der Waals surface area contributed by atoms with Crippen LogP contribution in [0.5, 0.6) is 0 Å². The highest BCUT2D eigenvalue weighted by molar-refractivity contribution is 5.81. The molecular weight excluding hydrogens is 318 g/mol. The van der Waals surface area contributed by atoms with Crippen molar-refractivity contribution in [2.45, 2.75) is 32.4 Å². The van der Waals surface area contributed by atoms with Gasteiger partial charge in [0.2, 0.25) is 0 Å². The molecule has 1 amide bonds. The van der Waals surface area contributed by atoms with Gasteiger partial charge in [-0.2, -0.15) is 0 Å². The zero-order chi connectivity index (χ0) is 17.8. The molecular formula is C20H23NO4. The zero-order valence-electron chi connectivity index (χ0n) is 14.3. The van der Waals surface area contributed by atoms with Crippen molar-refractivity contribution in [1.29, 1.82) is 0 Å². The molecule has 0 saturated carbocycles. The van der Waals surface area contributed by atoms with Gasteiger partial charge in [0.05, 0.1) is 0 Å². The van der Waals surface area contributed by atoms with Crippen molar-refractivity contribution in [2.75, 3.05) is 6.54 Å². The third-order valence-electron chi connectivity index (χ3n) is 4.84. The topological polar surface area (TPSA) is 66.8 Å². The molecule has 132 valence electrons. The number of likely N-dealkylation sites (tertiary alicyclic amines) is 1. The number of hydrogen-bond donors (Lipinski definition) is 1. The van der Waals surface area contributed by atoms with E-state index in [9.17, 15) is 14.7 Å². The molecule has 0 radical (unpaired) electrons. The van der Waals surface area contributed by atoms with E-state index in [1.165, 1.54) is 4.90 Å². The van der Waals surface area contributed by atoms with Crippen LogP contribution in [-0.4, -0.2) is 34.7 Å². The highest BCUT2D eigenvalue weighted by Crippen LogP contribution is 2.33. The van der Waals surface area contributed by atoms with Crippen LogP contribution in [-0.2, 0) is 16.1 Å². The molecule has 1 fully saturated rings. The Morgan fingerprint density at radius 1 is 1.28 bits per heavy atom. The minimum absolute atomic E-state index is 0.0501. The largest absolute Gasteiger partial charge is 0.480 e. The quantitative estimate of drug-likeness (QED) is 0.908. The Kier molecular flexibility index (Phi) is 5.22. The molecule has 1 heterocycles. The number of hydrogen-bond acceptors (Lipinski definition) is 3. The minimum atomic E-state index is -0.979. The van der Waals surface area contributed by atoms with E-state index in [4.69, 9.17) is 4.74 Å². The van der Waals surface area contributed by atoms with Gasteiger partial charge in [0, 0.05) is 12.5 Å². The second kappa shape index (κ2) is 7.55. The van der Waals surface area contributed by atoms with Crippen molar-refractivity contribution in [3.8, 4) is 0 Å². The van der Waals surface area contributed by atoms with Gasteiger partial charge in [0.15, 0.2) is 0 Å². The summed E-state index contributed by atoms with van der Waals surface area (Å²) in [6.45, 7) is 2.67. The molecule has 2 unspecified atom stereocenters. The van der Waals surface area contributed by atoms with Crippen molar-refractivity contribution in [1.82, 2.24) is 4.90 Å². The molecule has 0 aromatic heterocycles. The predicted molar refractivity (Wildman–Crippen MR) is 93.9 cm³/mol. The van der Waals surface area contributed by atoms with E-state index >= 15 is 0 Å². The van der Waals surface area contributed by atoms with E-state index in [2.05, 4.69) is 25.2 Å². The summed E-state index contributed by atoms with van der Waals surface area (Å²) in [5, 5.41) is 9.49. The Bertz CT molecular complexity index is 695. The summed E-state index contributed by atoms with van der Waals surface area (Å²) in [6, 6.07) is 8.54. The lowest BCUT2D eigenvalue weighted by Gasteiger charge is -2.21. The number of aliphatic carboxylic acids is 1. The first kappa shape index (κ1) is 17.3. The molecule has 0 bridgehead atoms. The fourth-order valence-electron chi connectivity index (χ4n) is 3.36. The minimum Gasteiger partial charge on any atom is -0.480 e. The molecule has 1 aliphatic heterocycles. The highest BCUT2D eigenvalue weighted by atomic mass is 16.6. The van der Waals surface area contributed by atoms with E-state index < -0.39 is 18.1 Å². The van der Waals surface area contributed by atoms with Gasteiger partial charge in [0.25, 0.3) is 0 Å². The number of ether oxygens (including phenoxy) is 1. The van der Waals surface area contributed by atoms with Gasteiger partial charge in [0.1, 0.15) is 12.6 Å². The molecule has 1 aliphatic carbocycles. The van der Waals surface area contributed by atoms with Crippen molar-refractivity contribution in [3.05, 3.63) is 59.7 Å². The van der Waals surface area contributed by atoms with E-state index in [-0.39, 0.29) is 12.5 Å². The molecule has 25 heavy (non-hydrogen) atoms. The van der Waals surface area contributed by atoms with Gasteiger partial charge in [-0.1, -0.05) is 55.5 Å². The highest BCUT2D eigenvalue weighted by Gasteiger charge is 2.41. The third-order valence-corrected chi connectivity index (χ3v) is 4.84. The standard InChI is InChI=1S/C20H23NO4/c1-14-7-9-16(10-8-14)17-11-18(19(22)23)21(12-17)20(24)25-13-15-5-3-2-4-6-15/h2-7,9-10,14,17-18H,8,11-13H2,1H3,(H,22,23)/t14?,17?,18-/m0/s1. The molecule has 2 aliphatic rings. The van der Waals surface area contributed by atoms with Crippen LogP contribution in [0, 0.1) is 11.8 Å². The van der Waals surface area contributed by atoms with E-state index in [1.807, 2.05) is 30.3 Å². The Morgan fingerprint density at radius 3 is 2.68 bits per heavy atom. The molecule has 1 aromatic carbocycles. The number of nitrogens with zero attached hydrogens (tertiary/aromatic N) is 1. The maximum Gasteiger partial charge on any atom is 0.410 e. The molecule has 1 N–H and O–H groups in total. The van der Waals surface area contributed by atoms with Crippen molar-refractivity contribution >= 4 is 12.1 Å². The molecule has 1 saturated heterocycles. The fraction of sp³-hybridized carbons (Fsp3) is 0.400. The number of carbonyl (C=O) groups is 2. The van der Waals surface area contributed by atoms with E-state index in [1.54, 1.807) is 0 Å². The molecule has 5 heteroatoms. The van der Waals surface area contributed by atoms with E-state index in [0.29, 0.717) is 18.9 Å². The second-order valence-corrected chi connectivity index (χ2v) is 6.76. The van der Waals surface area contributed by atoms with Crippen LogP contribution in [0.1, 0.15) is 25.3 Å². The van der Waals surface area contributed by atoms with Crippen molar-refractivity contribution < 1.29 is 19.4 Å². The van der Waals surface area contributed by atoms with Gasteiger partial charge < -0.3 is 9.84 Å². The number of amides is 1. The van der Waals surface area contributed by atoms with Crippen LogP contribution in [0.4, 0.5) is 4.79 Å². The SMILES string of the molecule is CC1C=CC(C2C[C@@H](C(=O)O)N(C(=O)OCc3ccccc3)C2)=CC1. The monoisotopic (exact) mass is 341 g/mol. The summed E-state index contributed by atoms with van der Waals surface area (Å²) in [5.41, 5.74) is 2.01. The Labute approximate surface area is 147 Å². The van der Waals surface area contributed by atoms with Crippen LogP contribution < -0.4 is 0 Å². The Morgan fingerprint density at radius 2 is 2.04 bits per heavy atom. The second-order valence-electron chi connectivity index (χ2n) is 6.76. The molecule has 3 atom stereocenters. The normalized spacial score (nSPS) is 25.6. The van der Waals surface area contributed by atoms with Crippen LogP contribution in [0.15, 0.2) is 54.1 Å². The average Bonchev–Trinajstić information content (AvgIpc) is 3.07. The van der Waals surface area contributed by atoms with Crippen molar-refractivity contribution in [3.63, 3.8) is 0 Å². The summed E-state index contributed by atoms with van der Waals surface area (Å²) < 4.78 is 5.33. The first-order valence-corrected chi connectivity index (χ1v) is 8.63. The first-order chi connectivity index (χ1) is 12.0. The molecule has 5 nitrogen and oxygen atoms in total. The lowest BCUT2D eigenvalue weighted by Crippen LogP contribution is -2.40. The smallest absolute Gasteiger partial charge is 0.410 e. The van der Waals surface area contributed by atoms with Gasteiger partial charge in [-0.25, -0.2) is 9.59 Å². The number of carbonyl (C=O) groups excluding carboxylic acids is 1. The number of carboxylic acids is 1. The lowest BCUT2D eigenvalue weighted by molar-refractivity contribution is -0.141. The fourth-order valence-corrected chi connectivity index (χ4v) is 3.36. The van der Waals surface area contributed by atoms with Crippen LogP contribution >= 0.6 is 0 Å². The molecule has 1 aromatic rings. The Hall–Kier alpha value is -2.56. The molecule has 3 rings (SSSR count). The van der Waals surface area contributed by atoms with Gasteiger partial charge >= 0.3 is 12.1 Å². The van der Waals surface area contributed by atoms with Crippen LogP contribution in [0.2, 0.25) is 0 Å². The number of rotatable bonds is 4. The van der Waals surface area contributed by atoms with Crippen LogP contribution in [0.25, 0.3) is 0 Å². The zero-order valence-corrected chi connectivity index (χ0v) is 14.3. The summed E-state index contributed by atoms with van der Waals surface area (Å²) in [5.74, 6) is -0.422. The number of benzene rings is 1. The van der Waals surface area contributed by atoms with Crippen LogP contribution in [0.3, 0.4) is 0 Å². The predicted octanol–water partition coefficient (Wildman–Crippen LogP) is 3.62. The summed E-state index contributed by atoms with van der Waals surface area (Å²) in [6.07, 6.45) is 7.19. The van der Waals surface area contributed by atoms with Gasteiger partial charge in [-0.15, -0.1) is 0 Å². The Balaban J connectivity index is 1.65. The maximum absolute atomic E-state index is 12.4. The summed E-state index contributed by atoms with van der Waals surface area (Å²) in [4.78, 5) is 25.4. The van der Waals surface area contributed by atoms with Crippen molar-refractivity contribution in [2.24, 2.45) is 11.8 Å². The maximum atomic E-state index is 12.4. The average molecular weight is 341 g/mol. The number of allylic oxidation sites excluding steroid dienone is 3. The van der Waals surface area contributed by atoms with Gasteiger partial charge in [-0.3, -0.25) is 4.90 Å².